The van der Waals surface area contributed by atoms with Crippen molar-refractivity contribution in [1.82, 2.24) is 0 Å². The standard InChI is InChI=1S/C18H18O4/c1-12-5-4-6-13(9-12)15(11-18(19)20)16-10-14(21-2)7-8-17(16)22-3/h4-11H,1-3H3,(H,19,20)/b15-11+. The highest BCUT2D eigenvalue weighted by atomic mass is 16.5. The fourth-order valence-corrected chi connectivity index (χ4v) is 2.28. The Kier molecular flexibility index (Phi) is 4.84. The molecule has 0 aromatic heterocycles. The maximum absolute atomic E-state index is 11.2. The van der Waals surface area contributed by atoms with Crippen molar-refractivity contribution in [2.24, 2.45) is 0 Å². The Morgan fingerprint density at radius 3 is 2.45 bits per heavy atom. The number of carbonyl (C=O) groups is 1. The molecular weight excluding hydrogens is 280 g/mol. The molecule has 0 fully saturated rings. The van der Waals surface area contributed by atoms with Crippen LogP contribution < -0.4 is 9.47 Å². The van der Waals surface area contributed by atoms with Gasteiger partial charge in [0.25, 0.3) is 0 Å². The second-order valence-electron chi connectivity index (χ2n) is 4.83. The summed E-state index contributed by atoms with van der Waals surface area (Å²) in [6.45, 7) is 1.96. The fourth-order valence-electron chi connectivity index (χ4n) is 2.28. The average Bonchev–Trinajstić information content (AvgIpc) is 2.51. The van der Waals surface area contributed by atoms with E-state index in [1.54, 1.807) is 32.4 Å². The van der Waals surface area contributed by atoms with Gasteiger partial charge < -0.3 is 14.6 Å². The number of methoxy groups -OCH3 is 2. The van der Waals surface area contributed by atoms with E-state index < -0.39 is 5.97 Å². The monoisotopic (exact) mass is 298 g/mol. The van der Waals surface area contributed by atoms with Crippen LogP contribution >= 0.6 is 0 Å². The van der Waals surface area contributed by atoms with Crippen LogP contribution in [0, 0.1) is 6.92 Å². The SMILES string of the molecule is COc1ccc(OC)c(/C(=C/C(=O)O)c2cccc(C)c2)c1. The summed E-state index contributed by atoms with van der Waals surface area (Å²) in [6.07, 6.45) is 1.19. The molecule has 0 heterocycles. The molecule has 22 heavy (non-hydrogen) atoms. The third kappa shape index (κ3) is 3.47. The van der Waals surface area contributed by atoms with Gasteiger partial charge in [-0.05, 0) is 36.3 Å². The number of aryl methyl sites for hydroxylation is 1. The summed E-state index contributed by atoms with van der Waals surface area (Å²) < 4.78 is 10.6. The number of hydrogen-bond donors (Lipinski definition) is 1. The lowest BCUT2D eigenvalue weighted by molar-refractivity contribution is -0.131. The minimum absolute atomic E-state index is 0.576. The number of rotatable bonds is 5. The Labute approximate surface area is 129 Å². The zero-order valence-corrected chi connectivity index (χ0v) is 12.8. The maximum atomic E-state index is 11.2. The first-order valence-corrected chi connectivity index (χ1v) is 6.79. The van der Waals surface area contributed by atoms with E-state index in [4.69, 9.17) is 9.47 Å². The van der Waals surface area contributed by atoms with Crippen LogP contribution in [-0.4, -0.2) is 25.3 Å². The normalized spacial score (nSPS) is 11.1. The minimum Gasteiger partial charge on any atom is -0.497 e. The number of ether oxygens (including phenoxy) is 2. The van der Waals surface area contributed by atoms with Crippen molar-refractivity contribution < 1.29 is 19.4 Å². The van der Waals surface area contributed by atoms with Gasteiger partial charge in [0.15, 0.2) is 0 Å². The predicted octanol–water partition coefficient (Wildman–Crippen LogP) is 3.53. The lowest BCUT2D eigenvalue weighted by Gasteiger charge is -2.14. The van der Waals surface area contributed by atoms with Crippen molar-refractivity contribution in [3.8, 4) is 11.5 Å². The molecule has 114 valence electrons. The zero-order valence-electron chi connectivity index (χ0n) is 12.8. The molecule has 0 saturated heterocycles. The zero-order chi connectivity index (χ0) is 16.1. The Bertz CT molecular complexity index is 717. The van der Waals surface area contributed by atoms with Gasteiger partial charge in [-0.25, -0.2) is 4.79 Å². The van der Waals surface area contributed by atoms with Gasteiger partial charge in [0.05, 0.1) is 14.2 Å². The van der Waals surface area contributed by atoms with Crippen LogP contribution in [0.25, 0.3) is 5.57 Å². The summed E-state index contributed by atoms with van der Waals surface area (Å²) in [5.41, 5.74) is 3.12. The Morgan fingerprint density at radius 1 is 1.09 bits per heavy atom. The third-order valence-corrected chi connectivity index (χ3v) is 3.29. The summed E-state index contributed by atoms with van der Waals surface area (Å²) in [7, 11) is 3.12. The molecule has 0 atom stereocenters. The first-order chi connectivity index (χ1) is 10.5. The van der Waals surface area contributed by atoms with Crippen LogP contribution in [-0.2, 0) is 4.79 Å². The summed E-state index contributed by atoms with van der Waals surface area (Å²) in [4.78, 5) is 11.2. The lowest BCUT2D eigenvalue weighted by Crippen LogP contribution is -1.99. The molecule has 0 amide bonds. The van der Waals surface area contributed by atoms with Gasteiger partial charge in [-0.2, -0.15) is 0 Å². The van der Waals surface area contributed by atoms with Crippen molar-refractivity contribution >= 4 is 11.5 Å². The first-order valence-electron chi connectivity index (χ1n) is 6.79. The topological polar surface area (TPSA) is 55.8 Å². The number of hydrogen-bond acceptors (Lipinski definition) is 3. The molecule has 0 aliphatic rings. The highest BCUT2D eigenvalue weighted by Gasteiger charge is 2.14. The molecule has 0 bridgehead atoms. The van der Waals surface area contributed by atoms with E-state index in [0.29, 0.717) is 22.6 Å². The molecule has 0 spiro atoms. The van der Waals surface area contributed by atoms with Gasteiger partial charge >= 0.3 is 5.97 Å². The van der Waals surface area contributed by atoms with E-state index in [2.05, 4.69) is 0 Å². The van der Waals surface area contributed by atoms with Crippen molar-refractivity contribution in [3.63, 3.8) is 0 Å². The van der Waals surface area contributed by atoms with E-state index in [9.17, 15) is 9.90 Å². The van der Waals surface area contributed by atoms with Crippen molar-refractivity contribution in [3.05, 3.63) is 65.2 Å². The minimum atomic E-state index is -1.01. The van der Waals surface area contributed by atoms with Crippen LogP contribution in [0.5, 0.6) is 11.5 Å². The fraction of sp³-hybridized carbons (Fsp3) is 0.167. The molecule has 0 aliphatic heterocycles. The first kappa shape index (κ1) is 15.6. The van der Waals surface area contributed by atoms with Crippen molar-refractivity contribution in [2.45, 2.75) is 6.92 Å². The molecule has 0 radical (unpaired) electrons. The van der Waals surface area contributed by atoms with Gasteiger partial charge in [-0.3, -0.25) is 0 Å². The molecular formula is C18H18O4. The Hall–Kier alpha value is -2.75. The number of benzene rings is 2. The average molecular weight is 298 g/mol. The van der Waals surface area contributed by atoms with Crippen LogP contribution in [0.4, 0.5) is 0 Å². The summed E-state index contributed by atoms with van der Waals surface area (Å²) >= 11 is 0. The van der Waals surface area contributed by atoms with E-state index >= 15 is 0 Å². The van der Waals surface area contributed by atoms with Crippen molar-refractivity contribution in [2.75, 3.05) is 14.2 Å². The molecule has 2 aromatic rings. The van der Waals surface area contributed by atoms with Crippen LogP contribution in [0.3, 0.4) is 0 Å². The van der Waals surface area contributed by atoms with Gasteiger partial charge in [-0.15, -0.1) is 0 Å². The number of carboxylic acid groups (broad SMARTS) is 1. The molecule has 4 heteroatoms. The van der Waals surface area contributed by atoms with E-state index in [1.165, 1.54) is 6.08 Å². The van der Waals surface area contributed by atoms with Crippen molar-refractivity contribution in [1.29, 1.82) is 0 Å². The highest BCUT2D eigenvalue weighted by Crippen LogP contribution is 2.34. The van der Waals surface area contributed by atoms with Gasteiger partial charge in [0.1, 0.15) is 11.5 Å². The van der Waals surface area contributed by atoms with E-state index in [1.807, 2.05) is 31.2 Å². The van der Waals surface area contributed by atoms with Gasteiger partial charge in [-0.1, -0.05) is 29.8 Å². The second-order valence-corrected chi connectivity index (χ2v) is 4.83. The number of carboxylic acids is 1. The highest BCUT2D eigenvalue weighted by molar-refractivity contribution is 5.96. The van der Waals surface area contributed by atoms with Gasteiger partial charge in [0, 0.05) is 11.6 Å². The third-order valence-electron chi connectivity index (χ3n) is 3.29. The van der Waals surface area contributed by atoms with Crippen LogP contribution in [0.1, 0.15) is 16.7 Å². The summed E-state index contributed by atoms with van der Waals surface area (Å²) in [6, 6.07) is 13.0. The summed E-state index contributed by atoms with van der Waals surface area (Å²) in [5.74, 6) is 0.218. The molecule has 4 nitrogen and oxygen atoms in total. The van der Waals surface area contributed by atoms with E-state index in [0.717, 1.165) is 11.1 Å². The Morgan fingerprint density at radius 2 is 1.86 bits per heavy atom. The quantitative estimate of drug-likeness (QED) is 0.858. The maximum Gasteiger partial charge on any atom is 0.328 e. The molecule has 2 rings (SSSR count). The second kappa shape index (κ2) is 6.80. The molecule has 0 saturated carbocycles. The molecule has 0 unspecified atom stereocenters. The molecule has 1 N–H and O–H groups in total. The smallest absolute Gasteiger partial charge is 0.328 e. The number of aliphatic carboxylic acids is 1. The van der Waals surface area contributed by atoms with E-state index in [-0.39, 0.29) is 0 Å². The predicted molar refractivity (Wildman–Crippen MR) is 85.4 cm³/mol. The summed E-state index contributed by atoms with van der Waals surface area (Å²) in [5, 5.41) is 9.22. The van der Waals surface area contributed by atoms with Crippen LogP contribution in [0.15, 0.2) is 48.5 Å². The largest absolute Gasteiger partial charge is 0.497 e. The Balaban J connectivity index is 2.67. The van der Waals surface area contributed by atoms with Crippen LogP contribution in [0.2, 0.25) is 0 Å². The van der Waals surface area contributed by atoms with Gasteiger partial charge in [0.2, 0.25) is 0 Å². The molecule has 2 aromatic carbocycles. The lowest BCUT2D eigenvalue weighted by atomic mass is 9.95. The molecule has 0 aliphatic carbocycles.